The van der Waals surface area contributed by atoms with Gasteiger partial charge in [0.15, 0.2) is 0 Å². The van der Waals surface area contributed by atoms with Crippen LogP contribution in [-0.4, -0.2) is 11.2 Å². The van der Waals surface area contributed by atoms with Crippen LogP contribution in [0.3, 0.4) is 0 Å². The second-order valence-corrected chi connectivity index (χ2v) is 3.36. The Labute approximate surface area is 79.1 Å². The maximum atomic E-state index is 13.1. The molecule has 0 aliphatic rings. The molecule has 1 rings (SSSR count). The molecule has 0 aromatic heterocycles. The third-order valence-electron chi connectivity index (χ3n) is 1.71. The largest absolute Gasteiger partial charge is 0.273 e. The molecule has 0 saturated heterocycles. The number of hydrogen-bond acceptors (Lipinski definition) is 3. The Kier molecular flexibility index (Phi) is 2.87. The molecule has 0 spiro atoms. The topological polar surface area (TPSA) is 43.1 Å². The molecule has 0 amide bonds. The fourth-order valence-electron chi connectivity index (χ4n) is 0.957. The van der Waals surface area contributed by atoms with E-state index in [9.17, 15) is 14.5 Å². The van der Waals surface area contributed by atoms with Gasteiger partial charge in [0.05, 0.1) is 11.0 Å². The monoisotopic (exact) mass is 201 g/mol. The number of rotatable bonds is 2. The van der Waals surface area contributed by atoms with E-state index in [1.165, 1.54) is 17.8 Å². The van der Waals surface area contributed by atoms with Gasteiger partial charge in [0.1, 0.15) is 5.82 Å². The zero-order chi connectivity index (χ0) is 10.0. The second-order valence-electron chi connectivity index (χ2n) is 2.51. The highest BCUT2D eigenvalue weighted by molar-refractivity contribution is 7.98. The van der Waals surface area contributed by atoms with E-state index in [0.29, 0.717) is 10.5 Å². The van der Waals surface area contributed by atoms with Crippen LogP contribution in [0.5, 0.6) is 0 Å². The second kappa shape index (κ2) is 3.74. The predicted molar refractivity (Wildman–Crippen MR) is 49.6 cm³/mol. The number of thioether (sulfide) groups is 1. The Bertz CT molecular complexity index is 354. The minimum atomic E-state index is -0.595. The number of nitrogens with zero attached hydrogens (tertiary/aromatic N) is 1. The minimum absolute atomic E-state index is 0.201. The van der Waals surface area contributed by atoms with Crippen LogP contribution >= 0.6 is 11.8 Å². The maximum Gasteiger partial charge on any atom is 0.273 e. The SMILES string of the molecule is CSc1cc([N+](=O)[O-])cc(F)c1C. The molecule has 0 aliphatic heterocycles. The Morgan fingerprint density at radius 2 is 2.15 bits per heavy atom. The summed E-state index contributed by atoms with van der Waals surface area (Å²) in [5, 5.41) is 10.4. The standard InChI is InChI=1S/C8H8FNO2S/c1-5-7(9)3-6(10(11)12)4-8(5)13-2/h3-4H,1-2H3. The van der Waals surface area contributed by atoms with Crippen LogP contribution < -0.4 is 0 Å². The third-order valence-corrected chi connectivity index (χ3v) is 2.58. The summed E-state index contributed by atoms with van der Waals surface area (Å²) in [6, 6.07) is 2.32. The van der Waals surface area contributed by atoms with Crippen molar-refractivity contribution in [2.75, 3.05) is 6.26 Å². The molecule has 0 radical (unpaired) electrons. The molecule has 1 aromatic carbocycles. The van der Waals surface area contributed by atoms with Crippen LogP contribution in [0.2, 0.25) is 0 Å². The Morgan fingerprint density at radius 3 is 2.62 bits per heavy atom. The number of halogens is 1. The van der Waals surface area contributed by atoms with Gasteiger partial charge in [-0.05, 0) is 18.7 Å². The number of non-ortho nitro benzene ring substituents is 1. The van der Waals surface area contributed by atoms with Gasteiger partial charge in [-0.25, -0.2) is 4.39 Å². The molecule has 70 valence electrons. The molecule has 0 N–H and O–H groups in total. The lowest BCUT2D eigenvalue weighted by molar-refractivity contribution is -0.385. The van der Waals surface area contributed by atoms with E-state index in [2.05, 4.69) is 0 Å². The predicted octanol–water partition coefficient (Wildman–Crippen LogP) is 2.76. The Morgan fingerprint density at radius 1 is 1.54 bits per heavy atom. The molecule has 0 saturated carbocycles. The zero-order valence-corrected chi connectivity index (χ0v) is 8.02. The summed E-state index contributed by atoms with van der Waals surface area (Å²) in [6.45, 7) is 1.60. The molecular formula is C8H8FNO2S. The van der Waals surface area contributed by atoms with E-state index in [-0.39, 0.29) is 5.69 Å². The van der Waals surface area contributed by atoms with Gasteiger partial charge in [0, 0.05) is 11.0 Å². The number of nitro groups is 1. The van der Waals surface area contributed by atoms with Crippen LogP contribution in [0.1, 0.15) is 5.56 Å². The average molecular weight is 201 g/mol. The summed E-state index contributed by atoms with van der Waals surface area (Å²) in [4.78, 5) is 10.4. The van der Waals surface area contributed by atoms with Crippen molar-refractivity contribution >= 4 is 17.4 Å². The molecular weight excluding hydrogens is 193 g/mol. The third kappa shape index (κ3) is 1.98. The fourth-order valence-corrected chi connectivity index (χ4v) is 1.60. The first-order chi connectivity index (χ1) is 6.06. The van der Waals surface area contributed by atoms with Crippen LogP contribution in [0.25, 0.3) is 0 Å². The van der Waals surface area contributed by atoms with Gasteiger partial charge in [-0.1, -0.05) is 0 Å². The molecule has 13 heavy (non-hydrogen) atoms. The summed E-state index contributed by atoms with van der Waals surface area (Å²) in [6.07, 6.45) is 1.76. The van der Waals surface area contributed by atoms with Gasteiger partial charge in [0.25, 0.3) is 5.69 Å². The van der Waals surface area contributed by atoms with Crippen molar-refractivity contribution in [1.82, 2.24) is 0 Å². The van der Waals surface area contributed by atoms with Crippen molar-refractivity contribution in [2.45, 2.75) is 11.8 Å². The summed E-state index contributed by atoms with van der Waals surface area (Å²) < 4.78 is 13.1. The molecule has 1 aromatic rings. The minimum Gasteiger partial charge on any atom is -0.258 e. The normalized spacial score (nSPS) is 10.1. The average Bonchev–Trinajstić information content (AvgIpc) is 2.09. The molecule has 0 bridgehead atoms. The van der Waals surface area contributed by atoms with E-state index >= 15 is 0 Å². The molecule has 0 atom stereocenters. The highest BCUT2D eigenvalue weighted by Gasteiger charge is 2.12. The smallest absolute Gasteiger partial charge is 0.258 e. The van der Waals surface area contributed by atoms with Gasteiger partial charge < -0.3 is 0 Å². The summed E-state index contributed by atoms with van der Waals surface area (Å²) >= 11 is 1.30. The summed E-state index contributed by atoms with van der Waals surface area (Å²) in [5.74, 6) is -0.529. The lowest BCUT2D eigenvalue weighted by Crippen LogP contribution is -1.93. The van der Waals surface area contributed by atoms with Gasteiger partial charge in [-0.15, -0.1) is 11.8 Å². The van der Waals surface area contributed by atoms with Crippen molar-refractivity contribution in [1.29, 1.82) is 0 Å². The highest BCUT2D eigenvalue weighted by atomic mass is 32.2. The van der Waals surface area contributed by atoms with Crippen molar-refractivity contribution in [3.8, 4) is 0 Å². The number of hydrogen-bond donors (Lipinski definition) is 0. The van der Waals surface area contributed by atoms with Gasteiger partial charge in [-0.2, -0.15) is 0 Å². The number of nitro benzene ring substituents is 1. The summed E-state index contributed by atoms with van der Waals surface area (Å²) in [7, 11) is 0. The van der Waals surface area contributed by atoms with Crippen molar-refractivity contribution in [2.24, 2.45) is 0 Å². The first-order valence-corrected chi connectivity index (χ1v) is 4.77. The molecule has 3 nitrogen and oxygen atoms in total. The van der Waals surface area contributed by atoms with E-state index in [4.69, 9.17) is 0 Å². The molecule has 5 heteroatoms. The quantitative estimate of drug-likeness (QED) is 0.419. The van der Waals surface area contributed by atoms with Crippen LogP contribution in [-0.2, 0) is 0 Å². The van der Waals surface area contributed by atoms with Crippen molar-refractivity contribution < 1.29 is 9.31 Å². The zero-order valence-electron chi connectivity index (χ0n) is 7.20. The van der Waals surface area contributed by atoms with E-state index < -0.39 is 10.7 Å². The Balaban J connectivity index is 3.30. The molecule has 0 heterocycles. The Hall–Kier alpha value is -1.10. The fraction of sp³-hybridized carbons (Fsp3) is 0.250. The van der Waals surface area contributed by atoms with Gasteiger partial charge >= 0.3 is 0 Å². The maximum absolute atomic E-state index is 13.1. The lowest BCUT2D eigenvalue weighted by atomic mass is 10.2. The highest BCUT2D eigenvalue weighted by Crippen LogP contribution is 2.27. The van der Waals surface area contributed by atoms with Crippen LogP contribution in [0, 0.1) is 22.9 Å². The van der Waals surface area contributed by atoms with Gasteiger partial charge in [-0.3, -0.25) is 10.1 Å². The van der Waals surface area contributed by atoms with E-state index in [1.54, 1.807) is 13.2 Å². The van der Waals surface area contributed by atoms with Crippen molar-refractivity contribution in [3.63, 3.8) is 0 Å². The van der Waals surface area contributed by atoms with E-state index in [0.717, 1.165) is 6.07 Å². The number of benzene rings is 1. The molecule has 0 unspecified atom stereocenters. The van der Waals surface area contributed by atoms with E-state index in [1.807, 2.05) is 0 Å². The summed E-state index contributed by atoms with van der Waals surface area (Å²) in [5.41, 5.74) is 0.255. The first-order valence-electron chi connectivity index (χ1n) is 3.54. The molecule has 0 aliphatic carbocycles. The van der Waals surface area contributed by atoms with Crippen LogP contribution in [0.15, 0.2) is 17.0 Å². The van der Waals surface area contributed by atoms with Crippen LogP contribution in [0.4, 0.5) is 10.1 Å². The van der Waals surface area contributed by atoms with Crippen molar-refractivity contribution in [3.05, 3.63) is 33.6 Å². The first kappa shape index (κ1) is 9.98. The molecule has 0 fully saturated rings. The lowest BCUT2D eigenvalue weighted by Gasteiger charge is -2.02. The van der Waals surface area contributed by atoms with Gasteiger partial charge in [0.2, 0.25) is 0 Å².